The van der Waals surface area contributed by atoms with E-state index in [-0.39, 0.29) is 12.3 Å². The van der Waals surface area contributed by atoms with Gasteiger partial charge in [0.1, 0.15) is 5.92 Å². The van der Waals surface area contributed by atoms with E-state index in [1.54, 1.807) is 13.8 Å². The van der Waals surface area contributed by atoms with Crippen LogP contribution in [0.2, 0.25) is 5.02 Å². The second kappa shape index (κ2) is 7.09. The highest BCUT2D eigenvalue weighted by Gasteiger charge is 2.27. The van der Waals surface area contributed by atoms with Crippen LogP contribution in [0.1, 0.15) is 34.1 Å². The lowest BCUT2D eigenvalue weighted by molar-refractivity contribution is 0.0871. The lowest BCUT2D eigenvalue weighted by atomic mass is 9.85. The van der Waals surface area contributed by atoms with Crippen molar-refractivity contribution in [2.24, 2.45) is 5.92 Å². The number of rotatable bonds is 4. The lowest BCUT2D eigenvalue weighted by Crippen LogP contribution is -2.21. The Balaban J connectivity index is 2.35. The third kappa shape index (κ3) is 3.41. The van der Waals surface area contributed by atoms with Crippen molar-refractivity contribution in [2.45, 2.75) is 26.2 Å². The fraction of sp³-hybridized carbons (Fsp3) is 0.294. The molecule has 0 bridgehead atoms. The molecule has 1 aromatic carbocycles. The maximum Gasteiger partial charge on any atom is 0.247 e. The zero-order valence-corrected chi connectivity index (χ0v) is 13.6. The molecule has 0 saturated heterocycles. The van der Waals surface area contributed by atoms with Crippen molar-refractivity contribution in [3.63, 3.8) is 0 Å². The Bertz CT molecular complexity index is 784. The number of nitrogens with zero attached hydrogens (tertiary/aromatic N) is 4. The van der Waals surface area contributed by atoms with Crippen molar-refractivity contribution in [3.05, 3.63) is 52.3 Å². The molecular formula is C17H15ClN4O. The molecule has 0 saturated carbocycles. The summed E-state index contributed by atoms with van der Waals surface area (Å²) in [7, 11) is 0. The van der Waals surface area contributed by atoms with Gasteiger partial charge in [0.25, 0.3) is 0 Å². The van der Waals surface area contributed by atoms with E-state index in [0.717, 1.165) is 5.56 Å². The number of nitriles is 2. The minimum atomic E-state index is -0.909. The third-order valence-corrected chi connectivity index (χ3v) is 4.29. The molecule has 116 valence electrons. The molecule has 6 heteroatoms. The predicted octanol–water partition coefficient (Wildman–Crippen LogP) is 3.63. The predicted molar refractivity (Wildman–Crippen MR) is 85.9 cm³/mol. The number of hydrogen-bond acceptors (Lipinski definition) is 4. The highest BCUT2D eigenvalue weighted by Crippen LogP contribution is 2.29. The van der Waals surface area contributed by atoms with Crippen LogP contribution in [0.15, 0.2) is 30.3 Å². The standard InChI is InChI=1S/C17H15ClN4O/c1-11-17(18)12(2)22(21-11)16(23)8-15(14(9-19)10-20)13-6-4-3-5-7-13/h3-7,14-15H,8H2,1-2H3. The Hall–Kier alpha value is -2.63. The van der Waals surface area contributed by atoms with Crippen molar-refractivity contribution in [3.8, 4) is 12.1 Å². The first-order valence-corrected chi connectivity index (χ1v) is 7.46. The van der Waals surface area contributed by atoms with Crippen LogP contribution in [0.4, 0.5) is 0 Å². The summed E-state index contributed by atoms with van der Waals surface area (Å²) in [5.74, 6) is -1.71. The summed E-state index contributed by atoms with van der Waals surface area (Å²) >= 11 is 6.07. The molecule has 0 aliphatic carbocycles. The Morgan fingerprint density at radius 1 is 1.26 bits per heavy atom. The van der Waals surface area contributed by atoms with Crippen molar-refractivity contribution < 1.29 is 4.79 Å². The number of carbonyl (C=O) groups excluding carboxylic acids is 1. The lowest BCUT2D eigenvalue weighted by Gasteiger charge is -2.17. The minimum Gasteiger partial charge on any atom is -0.273 e. The summed E-state index contributed by atoms with van der Waals surface area (Å²) in [5.41, 5.74) is 1.92. The highest BCUT2D eigenvalue weighted by molar-refractivity contribution is 6.32. The van der Waals surface area contributed by atoms with Gasteiger partial charge in [0.15, 0.2) is 0 Å². The van der Waals surface area contributed by atoms with Crippen LogP contribution in [0, 0.1) is 42.4 Å². The van der Waals surface area contributed by atoms with Crippen LogP contribution in [0.25, 0.3) is 0 Å². The topological polar surface area (TPSA) is 82.5 Å². The zero-order valence-electron chi connectivity index (χ0n) is 12.8. The van der Waals surface area contributed by atoms with Crippen molar-refractivity contribution in [1.29, 1.82) is 10.5 Å². The van der Waals surface area contributed by atoms with E-state index in [0.29, 0.717) is 16.4 Å². The van der Waals surface area contributed by atoms with E-state index in [9.17, 15) is 15.3 Å². The molecule has 0 spiro atoms. The molecule has 1 unspecified atom stereocenters. The molecule has 5 nitrogen and oxygen atoms in total. The fourth-order valence-corrected chi connectivity index (χ4v) is 2.60. The van der Waals surface area contributed by atoms with Gasteiger partial charge in [0.05, 0.1) is 28.5 Å². The van der Waals surface area contributed by atoms with Crippen LogP contribution in [0.5, 0.6) is 0 Å². The minimum absolute atomic E-state index is 0.00802. The number of benzene rings is 1. The van der Waals surface area contributed by atoms with Gasteiger partial charge in [-0.3, -0.25) is 4.79 Å². The molecule has 0 fully saturated rings. The van der Waals surface area contributed by atoms with Gasteiger partial charge in [0.2, 0.25) is 5.91 Å². The molecule has 1 heterocycles. The van der Waals surface area contributed by atoms with Gasteiger partial charge in [-0.15, -0.1) is 0 Å². The number of aromatic nitrogens is 2. The summed E-state index contributed by atoms with van der Waals surface area (Å²) in [6.45, 7) is 3.44. The molecule has 2 rings (SSSR count). The van der Waals surface area contributed by atoms with Gasteiger partial charge in [-0.05, 0) is 19.4 Å². The van der Waals surface area contributed by atoms with Gasteiger partial charge in [0, 0.05) is 12.3 Å². The van der Waals surface area contributed by atoms with Crippen molar-refractivity contribution >= 4 is 17.5 Å². The van der Waals surface area contributed by atoms with Gasteiger partial charge in [-0.25, -0.2) is 4.68 Å². The summed E-state index contributed by atoms with van der Waals surface area (Å²) in [5, 5.41) is 23.0. The van der Waals surface area contributed by atoms with E-state index >= 15 is 0 Å². The van der Waals surface area contributed by atoms with Crippen LogP contribution in [0.3, 0.4) is 0 Å². The Morgan fingerprint density at radius 3 is 2.35 bits per heavy atom. The van der Waals surface area contributed by atoms with E-state index < -0.39 is 11.8 Å². The highest BCUT2D eigenvalue weighted by atomic mass is 35.5. The van der Waals surface area contributed by atoms with Gasteiger partial charge < -0.3 is 0 Å². The molecule has 0 N–H and O–H groups in total. The summed E-state index contributed by atoms with van der Waals surface area (Å²) in [6.07, 6.45) is 0.00802. The first kappa shape index (κ1) is 16.7. The van der Waals surface area contributed by atoms with Crippen LogP contribution < -0.4 is 0 Å². The molecule has 2 aromatic rings. The average Bonchev–Trinajstić information content (AvgIpc) is 2.83. The maximum absolute atomic E-state index is 12.6. The SMILES string of the molecule is Cc1nn(C(=O)CC(c2ccccc2)C(C#N)C#N)c(C)c1Cl. The third-order valence-electron chi connectivity index (χ3n) is 3.74. The van der Waals surface area contributed by atoms with Gasteiger partial charge in [-0.2, -0.15) is 15.6 Å². The fourth-order valence-electron chi connectivity index (χ4n) is 2.48. The summed E-state index contributed by atoms with van der Waals surface area (Å²) < 4.78 is 1.25. The molecule has 0 amide bonds. The summed E-state index contributed by atoms with van der Waals surface area (Å²) in [6, 6.07) is 13.0. The van der Waals surface area contributed by atoms with E-state index in [4.69, 9.17) is 11.6 Å². The largest absolute Gasteiger partial charge is 0.273 e. The van der Waals surface area contributed by atoms with Gasteiger partial charge >= 0.3 is 0 Å². The average molecular weight is 327 g/mol. The van der Waals surface area contributed by atoms with Crippen molar-refractivity contribution in [2.75, 3.05) is 0 Å². The number of carbonyl (C=O) groups is 1. The normalized spacial score (nSPS) is 11.7. The first-order valence-electron chi connectivity index (χ1n) is 7.08. The monoisotopic (exact) mass is 326 g/mol. The molecule has 1 aromatic heterocycles. The maximum atomic E-state index is 12.6. The Labute approximate surface area is 139 Å². The molecular weight excluding hydrogens is 312 g/mol. The van der Waals surface area contributed by atoms with E-state index in [1.807, 2.05) is 42.5 Å². The Morgan fingerprint density at radius 2 is 1.87 bits per heavy atom. The molecule has 23 heavy (non-hydrogen) atoms. The second-order valence-corrected chi connectivity index (χ2v) is 5.63. The van der Waals surface area contributed by atoms with Gasteiger partial charge in [-0.1, -0.05) is 41.9 Å². The van der Waals surface area contributed by atoms with E-state index in [1.165, 1.54) is 4.68 Å². The van der Waals surface area contributed by atoms with E-state index in [2.05, 4.69) is 5.10 Å². The molecule has 0 aliphatic heterocycles. The summed E-state index contributed by atoms with van der Waals surface area (Å²) in [4.78, 5) is 12.6. The van der Waals surface area contributed by atoms with Crippen molar-refractivity contribution in [1.82, 2.24) is 9.78 Å². The molecule has 0 radical (unpaired) electrons. The smallest absolute Gasteiger partial charge is 0.247 e. The van der Waals surface area contributed by atoms with Crippen LogP contribution >= 0.6 is 11.6 Å². The quantitative estimate of drug-likeness (QED) is 0.858. The van der Waals surface area contributed by atoms with Crippen LogP contribution in [-0.4, -0.2) is 15.7 Å². The number of halogens is 1. The zero-order chi connectivity index (χ0) is 17.0. The number of aryl methyl sites for hydroxylation is 1. The number of hydrogen-bond donors (Lipinski definition) is 0. The molecule has 0 aliphatic rings. The van der Waals surface area contributed by atoms with Crippen LogP contribution in [-0.2, 0) is 0 Å². The first-order chi connectivity index (χ1) is 11.0. The Kier molecular flexibility index (Phi) is 5.16. The second-order valence-electron chi connectivity index (χ2n) is 5.25. The molecule has 1 atom stereocenters.